The number of nitro benzene ring substituents is 1. The Morgan fingerprint density at radius 2 is 1.87 bits per heavy atom. The highest BCUT2D eigenvalue weighted by molar-refractivity contribution is 7.90. The van der Waals surface area contributed by atoms with Gasteiger partial charge in [-0.2, -0.15) is 0 Å². The van der Waals surface area contributed by atoms with Gasteiger partial charge in [0.15, 0.2) is 0 Å². The summed E-state index contributed by atoms with van der Waals surface area (Å²) in [6.07, 6.45) is 0.253. The normalized spacial score (nSPS) is 10.9. The lowest BCUT2D eigenvalue weighted by molar-refractivity contribution is -0.385. The molecule has 0 aromatic heterocycles. The molecule has 0 aliphatic rings. The van der Waals surface area contributed by atoms with Gasteiger partial charge in [0.2, 0.25) is 0 Å². The third-order valence-corrected chi connectivity index (χ3v) is 5.80. The van der Waals surface area contributed by atoms with Crippen LogP contribution in [-0.2, 0) is 16.4 Å². The van der Waals surface area contributed by atoms with Crippen LogP contribution in [0.15, 0.2) is 41.3 Å². The van der Waals surface area contributed by atoms with E-state index in [1.807, 2.05) is 4.72 Å². The summed E-state index contributed by atoms with van der Waals surface area (Å²) in [6.45, 7) is 1.68. The van der Waals surface area contributed by atoms with Crippen molar-refractivity contribution in [2.75, 3.05) is 13.6 Å². The van der Waals surface area contributed by atoms with Gasteiger partial charge in [-0.25, -0.2) is 17.9 Å². The SMILES string of the molecule is CNC(=O)NS(=O)(=O)c1cc(CCNC(=O)c2cc(Cl)ccc2[N+](=O)[O-])ccc1C. The number of urea groups is 1. The highest BCUT2D eigenvalue weighted by Gasteiger charge is 2.21. The van der Waals surface area contributed by atoms with E-state index >= 15 is 0 Å². The number of amides is 3. The van der Waals surface area contributed by atoms with Gasteiger partial charge in [-0.3, -0.25) is 14.9 Å². The summed E-state index contributed by atoms with van der Waals surface area (Å²) in [5.41, 5.74) is 0.475. The van der Waals surface area contributed by atoms with Crippen molar-refractivity contribution in [2.45, 2.75) is 18.2 Å². The van der Waals surface area contributed by atoms with E-state index in [0.29, 0.717) is 11.1 Å². The van der Waals surface area contributed by atoms with E-state index in [9.17, 15) is 28.1 Å². The first-order valence-corrected chi connectivity index (χ1v) is 10.5. The Morgan fingerprint density at radius 3 is 2.50 bits per heavy atom. The zero-order chi connectivity index (χ0) is 22.5. The quantitative estimate of drug-likeness (QED) is 0.431. The van der Waals surface area contributed by atoms with Crippen molar-refractivity contribution in [1.29, 1.82) is 0 Å². The number of hydrogen-bond acceptors (Lipinski definition) is 6. The summed E-state index contributed by atoms with van der Waals surface area (Å²) in [5, 5.41) is 16.0. The number of nitrogens with zero attached hydrogens (tertiary/aromatic N) is 1. The van der Waals surface area contributed by atoms with Gasteiger partial charge < -0.3 is 10.6 Å². The summed E-state index contributed by atoms with van der Waals surface area (Å²) in [7, 11) is -2.78. The van der Waals surface area contributed by atoms with Crippen LogP contribution in [0.4, 0.5) is 10.5 Å². The number of hydrogen-bond donors (Lipinski definition) is 3. The van der Waals surface area contributed by atoms with Gasteiger partial charge in [-0.05, 0) is 42.7 Å². The van der Waals surface area contributed by atoms with Gasteiger partial charge in [0.1, 0.15) is 5.56 Å². The minimum Gasteiger partial charge on any atom is -0.351 e. The molecule has 0 saturated carbocycles. The first-order chi connectivity index (χ1) is 14.0. The minimum absolute atomic E-state index is 0.0691. The molecule has 0 spiro atoms. The Bertz CT molecular complexity index is 1100. The molecule has 10 nitrogen and oxygen atoms in total. The van der Waals surface area contributed by atoms with E-state index in [-0.39, 0.29) is 34.1 Å². The average molecular weight is 455 g/mol. The molecule has 0 saturated heterocycles. The fourth-order valence-electron chi connectivity index (χ4n) is 2.58. The van der Waals surface area contributed by atoms with Crippen LogP contribution in [0.3, 0.4) is 0 Å². The van der Waals surface area contributed by atoms with E-state index in [4.69, 9.17) is 11.6 Å². The number of carbonyl (C=O) groups excluding carboxylic acids is 2. The lowest BCUT2D eigenvalue weighted by Gasteiger charge is -2.11. The van der Waals surface area contributed by atoms with Crippen molar-refractivity contribution in [3.05, 3.63) is 68.2 Å². The van der Waals surface area contributed by atoms with Crippen LogP contribution in [-0.4, -0.2) is 38.9 Å². The number of nitrogens with one attached hydrogen (secondary N) is 3. The summed E-state index contributed by atoms with van der Waals surface area (Å²) < 4.78 is 26.6. The topological polar surface area (TPSA) is 148 Å². The molecule has 3 N–H and O–H groups in total. The molecule has 0 radical (unpaired) electrons. The van der Waals surface area contributed by atoms with Gasteiger partial charge in [0.25, 0.3) is 21.6 Å². The first kappa shape index (κ1) is 23.1. The van der Waals surface area contributed by atoms with Crippen LogP contribution >= 0.6 is 11.6 Å². The Morgan fingerprint density at radius 1 is 1.17 bits per heavy atom. The Labute approximate surface area is 177 Å². The highest BCUT2D eigenvalue weighted by atomic mass is 35.5. The summed E-state index contributed by atoms with van der Waals surface area (Å²) >= 11 is 5.82. The maximum Gasteiger partial charge on any atom is 0.328 e. The molecule has 160 valence electrons. The van der Waals surface area contributed by atoms with Crippen LogP contribution in [0.25, 0.3) is 0 Å². The number of rotatable bonds is 7. The Hall–Kier alpha value is -3.18. The fraction of sp³-hybridized carbons (Fsp3) is 0.222. The zero-order valence-electron chi connectivity index (χ0n) is 16.1. The lowest BCUT2D eigenvalue weighted by Crippen LogP contribution is -2.37. The third kappa shape index (κ3) is 5.67. The van der Waals surface area contributed by atoms with Crippen molar-refractivity contribution in [2.24, 2.45) is 0 Å². The van der Waals surface area contributed by atoms with Crippen molar-refractivity contribution in [3.63, 3.8) is 0 Å². The van der Waals surface area contributed by atoms with Crippen LogP contribution in [0, 0.1) is 17.0 Å². The Balaban J connectivity index is 2.13. The molecule has 0 atom stereocenters. The highest BCUT2D eigenvalue weighted by Crippen LogP contribution is 2.22. The maximum atomic E-state index is 12.4. The second kappa shape index (κ2) is 9.55. The van der Waals surface area contributed by atoms with Crippen LogP contribution < -0.4 is 15.4 Å². The van der Waals surface area contributed by atoms with Crippen molar-refractivity contribution >= 4 is 39.2 Å². The summed E-state index contributed by atoms with van der Waals surface area (Å²) in [5.74, 6) is -0.676. The smallest absolute Gasteiger partial charge is 0.328 e. The molecule has 2 aromatic carbocycles. The van der Waals surface area contributed by atoms with E-state index in [1.165, 1.54) is 25.2 Å². The molecular weight excluding hydrogens is 436 g/mol. The van der Waals surface area contributed by atoms with Gasteiger partial charge >= 0.3 is 6.03 Å². The molecule has 3 amide bonds. The summed E-state index contributed by atoms with van der Waals surface area (Å²) in [6, 6.07) is 7.46. The second-order valence-electron chi connectivity index (χ2n) is 6.21. The largest absolute Gasteiger partial charge is 0.351 e. The van der Waals surface area contributed by atoms with Crippen LogP contribution in [0.2, 0.25) is 5.02 Å². The van der Waals surface area contributed by atoms with Gasteiger partial charge in [-0.1, -0.05) is 23.7 Å². The van der Waals surface area contributed by atoms with Crippen LogP contribution in [0.5, 0.6) is 0 Å². The molecule has 0 heterocycles. The molecule has 2 aromatic rings. The van der Waals surface area contributed by atoms with Gasteiger partial charge in [0, 0.05) is 24.7 Å². The molecule has 0 aliphatic heterocycles. The molecule has 0 bridgehead atoms. The second-order valence-corrected chi connectivity index (χ2v) is 8.30. The molecule has 0 aliphatic carbocycles. The number of benzene rings is 2. The molecule has 30 heavy (non-hydrogen) atoms. The maximum absolute atomic E-state index is 12.4. The number of halogens is 1. The molecule has 0 unspecified atom stereocenters. The first-order valence-electron chi connectivity index (χ1n) is 8.61. The zero-order valence-corrected chi connectivity index (χ0v) is 17.6. The lowest BCUT2D eigenvalue weighted by atomic mass is 10.1. The number of carbonyl (C=O) groups is 2. The van der Waals surface area contributed by atoms with Gasteiger partial charge in [-0.15, -0.1) is 0 Å². The fourth-order valence-corrected chi connectivity index (χ4v) is 4.01. The number of sulfonamides is 1. The van der Waals surface area contributed by atoms with E-state index < -0.39 is 26.9 Å². The number of nitro groups is 1. The van der Waals surface area contributed by atoms with Gasteiger partial charge in [0.05, 0.1) is 9.82 Å². The summed E-state index contributed by atoms with van der Waals surface area (Å²) in [4.78, 5) is 34.0. The van der Waals surface area contributed by atoms with Crippen molar-refractivity contribution in [3.8, 4) is 0 Å². The third-order valence-electron chi connectivity index (χ3n) is 4.10. The predicted molar refractivity (Wildman–Crippen MR) is 110 cm³/mol. The Kier molecular flexibility index (Phi) is 7.35. The molecule has 0 fully saturated rings. The monoisotopic (exact) mass is 454 g/mol. The standard InChI is InChI=1S/C18H19ClN4O6S/c1-11-3-4-12(9-16(11)30(28,29)22-18(25)20-2)7-8-21-17(24)14-10-13(19)5-6-15(14)23(26)27/h3-6,9-10H,7-8H2,1-2H3,(H,21,24)(H2,20,22,25). The molecule has 12 heteroatoms. The molecule has 2 rings (SSSR count). The minimum atomic E-state index is -4.07. The average Bonchev–Trinajstić information content (AvgIpc) is 2.68. The van der Waals surface area contributed by atoms with Crippen molar-refractivity contribution < 1.29 is 22.9 Å². The van der Waals surface area contributed by atoms with Crippen molar-refractivity contribution in [1.82, 2.24) is 15.4 Å². The van der Waals surface area contributed by atoms with E-state index in [2.05, 4.69) is 10.6 Å². The molecular formula is C18H19ClN4O6S. The number of aryl methyl sites for hydroxylation is 1. The van der Waals surface area contributed by atoms with E-state index in [0.717, 1.165) is 6.07 Å². The predicted octanol–water partition coefficient (Wildman–Crippen LogP) is 2.15. The van der Waals surface area contributed by atoms with E-state index in [1.54, 1.807) is 19.1 Å². The van der Waals surface area contributed by atoms with Crippen LogP contribution in [0.1, 0.15) is 21.5 Å².